The van der Waals surface area contributed by atoms with Crippen LogP contribution < -0.4 is 15.2 Å². The van der Waals surface area contributed by atoms with Gasteiger partial charge in [-0.05, 0) is 55.9 Å². The number of carbonyl (C=O) groups excluding carboxylic acids is 1. The quantitative estimate of drug-likeness (QED) is 0.236. The van der Waals surface area contributed by atoms with E-state index in [9.17, 15) is 9.59 Å². The molecule has 0 unspecified atom stereocenters. The normalized spacial score (nSPS) is 10.3. The maximum Gasteiger partial charge on any atom is 0.338 e. The van der Waals surface area contributed by atoms with Crippen molar-refractivity contribution in [2.45, 2.75) is 33.6 Å². The van der Waals surface area contributed by atoms with Gasteiger partial charge in [-0.2, -0.15) is 0 Å². The molecule has 2 aromatic carbocycles. The number of methoxy groups -OCH3 is 1. The second-order valence-electron chi connectivity index (χ2n) is 7.31. The average molecular weight is 477 g/mol. The molecule has 0 amide bonds. The van der Waals surface area contributed by atoms with Crippen molar-refractivity contribution in [3.63, 3.8) is 0 Å². The Morgan fingerprint density at radius 2 is 1.62 bits per heavy atom. The monoisotopic (exact) mass is 476 g/mol. The zero-order valence-corrected chi connectivity index (χ0v) is 20.4. The molecule has 2 aromatic rings. The van der Waals surface area contributed by atoms with Gasteiger partial charge in [-0.3, -0.25) is 0 Å². The van der Waals surface area contributed by atoms with Crippen molar-refractivity contribution in [2.24, 2.45) is 0 Å². The number of unbranched alkanes of at least 4 members (excludes halogenated alkanes) is 1. The van der Waals surface area contributed by atoms with Crippen molar-refractivity contribution in [1.29, 1.82) is 0 Å². The first-order valence-corrected chi connectivity index (χ1v) is 11.3. The third kappa shape index (κ3) is 9.58. The Labute approximate surface area is 201 Å². The van der Waals surface area contributed by atoms with Crippen LogP contribution >= 0.6 is 0 Å². The number of nitrogens with two attached hydrogens (primary N) is 1. The van der Waals surface area contributed by atoms with Crippen LogP contribution in [-0.4, -0.2) is 67.0 Å². The van der Waals surface area contributed by atoms with Crippen molar-refractivity contribution >= 4 is 17.6 Å². The maximum atomic E-state index is 12.1. The van der Waals surface area contributed by atoms with Crippen LogP contribution in [-0.2, 0) is 4.74 Å². The molecule has 0 atom stereocenters. The lowest BCUT2D eigenvalue weighted by atomic mass is 10.2. The minimum absolute atomic E-state index is 0.0671. The lowest BCUT2D eigenvalue weighted by Gasteiger charge is -2.17. The predicted molar refractivity (Wildman–Crippen MR) is 131 cm³/mol. The van der Waals surface area contributed by atoms with Crippen molar-refractivity contribution in [1.82, 2.24) is 4.90 Å². The van der Waals surface area contributed by atoms with E-state index in [1.807, 2.05) is 0 Å². The fourth-order valence-corrected chi connectivity index (χ4v) is 2.81. The molecule has 0 heterocycles. The first-order chi connectivity index (χ1) is 16.3. The molecular weight excluding hydrogens is 440 g/mol. The topological polar surface area (TPSA) is 132 Å². The van der Waals surface area contributed by atoms with Gasteiger partial charge < -0.3 is 35.1 Å². The van der Waals surface area contributed by atoms with Crippen molar-refractivity contribution in [3.8, 4) is 17.2 Å². The van der Waals surface area contributed by atoms with Crippen LogP contribution in [0.3, 0.4) is 0 Å². The smallest absolute Gasteiger partial charge is 0.338 e. The summed E-state index contributed by atoms with van der Waals surface area (Å²) in [6.45, 7) is 9.90. The number of hydrogen-bond donors (Lipinski definition) is 3. The maximum absolute atomic E-state index is 12.1. The number of esters is 1. The molecule has 0 bridgehead atoms. The number of carboxylic acids is 1. The number of carboxylic acid groups (broad SMARTS) is 1. The van der Waals surface area contributed by atoms with Gasteiger partial charge in [0.1, 0.15) is 12.4 Å². The van der Waals surface area contributed by atoms with Gasteiger partial charge in [-0.15, -0.1) is 0 Å². The van der Waals surface area contributed by atoms with E-state index in [0.717, 1.165) is 32.5 Å². The number of phenols is 1. The summed E-state index contributed by atoms with van der Waals surface area (Å²) >= 11 is 0. The third-order valence-corrected chi connectivity index (χ3v) is 4.97. The number of aromatic carboxylic acids is 1. The molecule has 34 heavy (non-hydrogen) atoms. The Hall–Kier alpha value is -3.46. The van der Waals surface area contributed by atoms with Crippen molar-refractivity contribution < 1.29 is 34.0 Å². The molecular formula is C25H36N2O7. The van der Waals surface area contributed by atoms with Crippen LogP contribution in [0.4, 0.5) is 5.69 Å². The van der Waals surface area contributed by atoms with Gasteiger partial charge in [0.2, 0.25) is 0 Å². The summed E-state index contributed by atoms with van der Waals surface area (Å²) in [6, 6.07) is 8.86. The van der Waals surface area contributed by atoms with E-state index in [4.69, 9.17) is 30.2 Å². The highest BCUT2D eigenvalue weighted by Gasteiger charge is 2.11. The number of nitrogens with zero attached hydrogens (tertiary/aromatic N) is 1. The van der Waals surface area contributed by atoms with Gasteiger partial charge in [0.05, 0.1) is 30.5 Å². The zero-order valence-electron chi connectivity index (χ0n) is 20.4. The molecule has 0 saturated carbocycles. The Morgan fingerprint density at radius 1 is 0.971 bits per heavy atom. The van der Waals surface area contributed by atoms with E-state index in [2.05, 4.69) is 25.7 Å². The van der Waals surface area contributed by atoms with Crippen LogP contribution in [0.15, 0.2) is 36.4 Å². The molecule has 0 aliphatic heterocycles. The molecule has 9 heteroatoms. The molecule has 188 valence electrons. The molecule has 2 rings (SSSR count). The minimum atomic E-state index is -1.05. The summed E-state index contributed by atoms with van der Waals surface area (Å²) in [5, 5.41) is 17.7. The molecule has 4 N–H and O–H groups in total. The number of carbonyl (C=O) groups is 2. The number of rotatable bonds is 12. The molecule has 0 fully saturated rings. The zero-order chi connectivity index (χ0) is 25.5. The number of nitrogen functional groups attached to an aromatic ring is 1. The van der Waals surface area contributed by atoms with Crippen LogP contribution in [0, 0.1) is 0 Å². The van der Waals surface area contributed by atoms with Crippen molar-refractivity contribution in [2.75, 3.05) is 45.7 Å². The summed E-state index contributed by atoms with van der Waals surface area (Å²) in [5.74, 6) is -0.746. The summed E-state index contributed by atoms with van der Waals surface area (Å²) in [6.07, 6.45) is 2.00. The van der Waals surface area contributed by atoms with Gasteiger partial charge in [-0.25, -0.2) is 9.59 Å². The molecule has 9 nitrogen and oxygen atoms in total. The molecule has 0 aliphatic rings. The summed E-state index contributed by atoms with van der Waals surface area (Å²) < 4.78 is 15.6. The first kappa shape index (κ1) is 28.6. The minimum Gasteiger partial charge on any atom is -0.504 e. The number of anilines is 1. The number of phenolic OH excluding ortho intramolecular Hbond substituents is 1. The van der Waals surface area contributed by atoms with E-state index >= 15 is 0 Å². The van der Waals surface area contributed by atoms with E-state index in [1.165, 1.54) is 25.3 Å². The summed E-state index contributed by atoms with van der Waals surface area (Å²) in [7, 11) is 1.36. The molecule has 0 spiro atoms. The Bertz CT molecular complexity index is 914. The molecule has 0 aromatic heterocycles. The van der Waals surface area contributed by atoms with Crippen LogP contribution in [0.25, 0.3) is 0 Å². The second kappa shape index (κ2) is 15.4. The Morgan fingerprint density at radius 3 is 2.21 bits per heavy atom. The van der Waals surface area contributed by atoms with E-state index in [-0.39, 0.29) is 23.0 Å². The Kier molecular flexibility index (Phi) is 12.9. The molecule has 0 aliphatic carbocycles. The Balaban J connectivity index is 0.000000404. The lowest BCUT2D eigenvalue weighted by molar-refractivity contribution is 0.0465. The highest BCUT2D eigenvalue weighted by Crippen LogP contribution is 2.26. The molecule has 0 radical (unpaired) electrons. The van der Waals surface area contributed by atoms with Gasteiger partial charge in [0.15, 0.2) is 11.5 Å². The van der Waals surface area contributed by atoms with Gasteiger partial charge in [0.25, 0.3) is 0 Å². The largest absolute Gasteiger partial charge is 0.504 e. The van der Waals surface area contributed by atoms with Gasteiger partial charge in [-0.1, -0.05) is 27.2 Å². The van der Waals surface area contributed by atoms with E-state index in [0.29, 0.717) is 30.2 Å². The van der Waals surface area contributed by atoms with Crippen LogP contribution in [0.2, 0.25) is 0 Å². The SMILES string of the molecule is CCCCOc1cc(C(=O)OCCN(CC)CC)ccc1N.COc1cc(C(=O)O)ccc1O. The highest BCUT2D eigenvalue weighted by atomic mass is 16.5. The lowest BCUT2D eigenvalue weighted by Crippen LogP contribution is -2.27. The fraction of sp³-hybridized carbons (Fsp3) is 0.440. The number of likely N-dealkylation sites (N-methyl/N-ethyl adjacent to an activating group) is 1. The third-order valence-electron chi connectivity index (χ3n) is 4.97. The van der Waals surface area contributed by atoms with Crippen molar-refractivity contribution in [3.05, 3.63) is 47.5 Å². The van der Waals surface area contributed by atoms with E-state index < -0.39 is 5.97 Å². The summed E-state index contributed by atoms with van der Waals surface area (Å²) in [5.41, 5.74) is 6.96. The average Bonchev–Trinajstić information content (AvgIpc) is 2.83. The summed E-state index contributed by atoms with van der Waals surface area (Å²) in [4.78, 5) is 24.7. The highest BCUT2D eigenvalue weighted by molar-refractivity contribution is 5.90. The van der Waals surface area contributed by atoms with Gasteiger partial charge in [0, 0.05) is 6.54 Å². The first-order valence-electron chi connectivity index (χ1n) is 11.3. The fourth-order valence-electron chi connectivity index (χ4n) is 2.81. The van der Waals surface area contributed by atoms with Crippen LogP contribution in [0.1, 0.15) is 54.3 Å². The second-order valence-corrected chi connectivity index (χ2v) is 7.31. The standard InChI is InChI=1S/C17H28N2O3.C8H8O4/c1-4-7-11-21-16-13-14(8-9-15(16)18)17(20)22-12-10-19(5-2)6-3;1-12-7-4-5(8(10)11)2-3-6(7)9/h8-9,13H,4-7,10-12,18H2,1-3H3;2-4,9H,1H3,(H,10,11). The van der Waals surface area contributed by atoms with Gasteiger partial charge >= 0.3 is 11.9 Å². The number of benzene rings is 2. The predicted octanol–water partition coefficient (Wildman–Crippen LogP) is 4.05. The van der Waals surface area contributed by atoms with E-state index in [1.54, 1.807) is 18.2 Å². The van der Waals surface area contributed by atoms with Crippen LogP contribution in [0.5, 0.6) is 17.2 Å². The number of ether oxygens (including phenoxy) is 3. The number of aromatic hydroxyl groups is 1. The number of hydrogen-bond acceptors (Lipinski definition) is 8. The molecule has 0 saturated heterocycles.